The minimum atomic E-state index is -4.37. The van der Waals surface area contributed by atoms with Crippen molar-refractivity contribution in [1.29, 1.82) is 0 Å². The molecule has 0 N–H and O–H groups in total. The molecular formula is C21H22F3N3O. The number of amides is 1. The van der Waals surface area contributed by atoms with Gasteiger partial charge in [0.2, 0.25) is 5.91 Å². The number of hydrogen-bond acceptors (Lipinski definition) is 3. The lowest BCUT2D eigenvalue weighted by Crippen LogP contribution is -2.33. The van der Waals surface area contributed by atoms with E-state index in [1.54, 1.807) is 0 Å². The fourth-order valence-electron chi connectivity index (χ4n) is 4.18. The van der Waals surface area contributed by atoms with E-state index in [0.29, 0.717) is 24.1 Å². The van der Waals surface area contributed by atoms with Crippen LogP contribution in [0, 0.1) is 11.8 Å². The lowest BCUT2D eigenvalue weighted by molar-refractivity contribution is -0.137. The van der Waals surface area contributed by atoms with Crippen LogP contribution >= 0.6 is 0 Å². The molecule has 2 aliphatic rings. The van der Waals surface area contributed by atoms with Crippen molar-refractivity contribution in [3.63, 3.8) is 0 Å². The highest BCUT2D eigenvalue weighted by molar-refractivity contribution is 5.77. The van der Waals surface area contributed by atoms with Gasteiger partial charge in [0, 0.05) is 50.6 Å². The van der Waals surface area contributed by atoms with Crippen LogP contribution in [0.5, 0.6) is 0 Å². The van der Waals surface area contributed by atoms with E-state index in [1.165, 1.54) is 6.07 Å². The summed E-state index contributed by atoms with van der Waals surface area (Å²) in [5.41, 5.74) is 0.431. The molecule has 0 spiro atoms. The van der Waals surface area contributed by atoms with Crippen molar-refractivity contribution in [2.45, 2.75) is 19.0 Å². The van der Waals surface area contributed by atoms with Gasteiger partial charge < -0.3 is 9.80 Å². The Hall–Kier alpha value is -2.57. The van der Waals surface area contributed by atoms with Gasteiger partial charge in [0.05, 0.1) is 5.56 Å². The number of aromatic nitrogens is 1. The number of alkyl halides is 3. The first-order valence-electron chi connectivity index (χ1n) is 9.50. The van der Waals surface area contributed by atoms with E-state index in [-0.39, 0.29) is 5.91 Å². The molecule has 0 radical (unpaired) electrons. The van der Waals surface area contributed by atoms with E-state index in [4.69, 9.17) is 0 Å². The van der Waals surface area contributed by atoms with E-state index >= 15 is 0 Å². The number of carbonyl (C=O) groups is 1. The topological polar surface area (TPSA) is 36.4 Å². The summed E-state index contributed by atoms with van der Waals surface area (Å²) in [6.45, 7) is 2.89. The Bertz CT molecular complexity index is 809. The van der Waals surface area contributed by atoms with Crippen molar-refractivity contribution in [3.8, 4) is 0 Å². The molecule has 2 saturated heterocycles. The molecule has 7 heteroatoms. The van der Waals surface area contributed by atoms with Crippen molar-refractivity contribution in [1.82, 2.24) is 9.88 Å². The number of nitrogens with zero attached hydrogens (tertiary/aromatic N) is 3. The third-order valence-electron chi connectivity index (χ3n) is 5.71. The third-order valence-corrected chi connectivity index (χ3v) is 5.71. The number of likely N-dealkylation sites (tertiary alicyclic amines) is 1. The largest absolute Gasteiger partial charge is 0.417 e. The van der Waals surface area contributed by atoms with Crippen LogP contribution in [0.2, 0.25) is 0 Å². The number of fused-ring (bicyclic) bond motifs is 1. The standard InChI is InChI=1S/C21H22F3N3O/c22-21(23,24)18-7-8-19(25-10-18)26-11-16-13-27(14-17(16)12-26)20(28)9-6-15-4-2-1-3-5-15/h1-5,7-8,10,16-17H,6,9,11-14H2. The zero-order valence-electron chi connectivity index (χ0n) is 15.4. The van der Waals surface area contributed by atoms with Crippen molar-refractivity contribution in [3.05, 3.63) is 59.8 Å². The lowest BCUT2D eigenvalue weighted by Gasteiger charge is -2.23. The monoisotopic (exact) mass is 389 g/mol. The molecule has 2 atom stereocenters. The summed E-state index contributed by atoms with van der Waals surface area (Å²) in [4.78, 5) is 20.5. The van der Waals surface area contributed by atoms with Crippen LogP contribution in [0.3, 0.4) is 0 Å². The molecule has 2 unspecified atom stereocenters. The van der Waals surface area contributed by atoms with E-state index in [0.717, 1.165) is 50.4 Å². The van der Waals surface area contributed by atoms with Crippen LogP contribution in [0.15, 0.2) is 48.7 Å². The highest BCUT2D eigenvalue weighted by Crippen LogP contribution is 2.35. The summed E-state index contributed by atoms with van der Waals surface area (Å²) >= 11 is 0. The van der Waals surface area contributed by atoms with Crippen molar-refractivity contribution < 1.29 is 18.0 Å². The molecule has 0 bridgehead atoms. The zero-order valence-corrected chi connectivity index (χ0v) is 15.4. The molecule has 1 amide bonds. The van der Waals surface area contributed by atoms with Crippen LogP contribution in [-0.2, 0) is 17.4 Å². The molecular weight excluding hydrogens is 367 g/mol. The highest BCUT2D eigenvalue weighted by atomic mass is 19.4. The molecule has 4 rings (SSSR count). The van der Waals surface area contributed by atoms with Crippen molar-refractivity contribution in [2.75, 3.05) is 31.1 Å². The normalized spacial score (nSPS) is 21.8. The number of carbonyl (C=O) groups excluding carboxylic acids is 1. The number of hydrogen-bond donors (Lipinski definition) is 0. The van der Waals surface area contributed by atoms with Gasteiger partial charge in [-0.05, 0) is 24.1 Å². The minimum absolute atomic E-state index is 0.178. The second kappa shape index (κ2) is 7.45. The van der Waals surface area contributed by atoms with Gasteiger partial charge in [0.15, 0.2) is 0 Å². The average Bonchev–Trinajstić information content (AvgIpc) is 3.26. The second-order valence-corrected chi connectivity index (χ2v) is 7.61. The zero-order chi connectivity index (χ0) is 19.7. The molecule has 3 heterocycles. The maximum Gasteiger partial charge on any atom is 0.417 e. The molecule has 2 fully saturated rings. The van der Waals surface area contributed by atoms with Gasteiger partial charge in [0.25, 0.3) is 0 Å². The van der Waals surface area contributed by atoms with E-state index in [2.05, 4.69) is 4.98 Å². The van der Waals surface area contributed by atoms with Gasteiger partial charge in [-0.1, -0.05) is 30.3 Å². The van der Waals surface area contributed by atoms with Crippen LogP contribution in [-0.4, -0.2) is 42.0 Å². The number of rotatable bonds is 4. The first-order chi connectivity index (χ1) is 13.4. The first-order valence-corrected chi connectivity index (χ1v) is 9.50. The van der Waals surface area contributed by atoms with E-state index in [9.17, 15) is 18.0 Å². The van der Waals surface area contributed by atoms with Gasteiger partial charge >= 0.3 is 6.18 Å². The predicted molar refractivity (Wildman–Crippen MR) is 99.8 cm³/mol. The maximum atomic E-state index is 12.7. The summed E-state index contributed by atoms with van der Waals surface area (Å²) in [5, 5.41) is 0. The maximum absolute atomic E-state index is 12.7. The molecule has 2 aliphatic heterocycles. The number of benzene rings is 1. The highest BCUT2D eigenvalue weighted by Gasteiger charge is 2.42. The molecule has 148 valence electrons. The molecule has 28 heavy (non-hydrogen) atoms. The number of anilines is 1. The Balaban J connectivity index is 1.30. The smallest absolute Gasteiger partial charge is 0.356 e. The Morgan fingerprint density at radius 1 is 1.00 bits per heavy atom. The Morgan fingerprint density at radius 2 is 1.68 bits per heavy atom. The summed E-state index contributed by atoms with van der Waals surface area (Å²) in [7, 11) is 0. The Labute approximate surface area is 162 Å². The van der Waals surface area contributed by atoms with Crippen LogP contribution in [0.25, 0.3) is 0 Å². The second-order valence-electron chi connectivity index (χ2n) is 7.61. The molecule has 0 saturated carbocycles. The third kappa shape index (κ3) is 3.98. The van der Waals surface area contributed by atoms with Gasteiger partial charge in [0.1, 0.15) is 5.82 Å². The van der Waals surface area contributed by atoms with E-state index < -0.39 is 11.7 Å². The quantitative estimate of drug-likeness (QED) is 0.801. The summed E-state index contributed by atoms with van der Waals surface area (Å²) in [5.74, 6) is 1.45. The number of pyridine rings is 1. The fraction of sp³-hybridized carbons (Fsp3) is 0.429. The summed E-state index contributed by atoms with van der Waals surface area (Å²) in [6, 6.07) is 12.5. The van der Waals surface area contributed by atoms with Crippen LogP contribution < -0.4 is 4.90 Å². The van der Waals surface area contributed by atoms with E-state index in [1.807, 2.05) is 40.1 Å². The SMILES string of the molecule is O=C(CCc1ccccc1)N1CC2CN(c3ccc(C(F)(F)F)cn3)CC2C1. The van der Waals surface area contributed by atoms with Crippen LogP contribution in [0.4, 0.5) is 19.0 Å². The molecule has 0 aliphatic carbocycles. The van der Waals surface area contributed by atoms with Crippen LogP contribution in [0.1, 0.15) is 17.5 Å². The van der Waals surface area contributed by atoms with Gasteiger partial charge in [-0.25, -0.2) is 4.98 Å². The van der Waals surface area contributed by atoms with Gasteiger partial charge in [-0.3, -0.25) is 4.79 Å². The van der Waals surface area contributed by atoms with Gasteiger partial charge in [-0.15, -0.1) is 0 Å². The number of halogens is 3. The summed E-state index contributed by atoms with van der Waals surface area (Å²) in [6.07, 6.45) is -2.22. The Kier molecular flexibility index (Phi) is 5.00. The summed E-state index contributed by atoms with van der Waals surface area (Å²) < 4.78 is 38.1. The van der Waals surface area contributed by atoms with Gasteiger partial charge in [-0.2, -0.15) is 13.2 Å². The fourth-order valence-corrected chi connectivity index (χ4v) is 4.18. The predicted octanol–water partition coefficient (Wildman–Crippen LogP) is 3.63. The number of aryl methyl sites for hydroxylation is 1. The Morgan fingerprint density at radius 3 is 2.25 bits per heavy atom. The molecule has 1 aromatic carbocycles. The minimum Gasteiger partial charge on any atom is -0.356 e. The first kappa shape index (κ1) is 18.8. The molecule has 4 nitrogen and oxygen atoms in total. The molecule has 2 aromatic rings. The van der Waals surface area contributed by atoms with Crippen molar-refractivity contribution in [2.24, 2.45) is 11.8 Å². The molecule has 1 aromatic heterocycles. The lowest BCUT2D eigenvalue weighted by atomic mass is 10.0. The average molecular weight is 389 g/mol. The van der Waals surface area contributed by atoms with Crippen molar-refractivity contribution >= 4 is 11.7 Å².